The van der Waals surface area contributed by atoms with E-state index in [0.29, 0.717) is 6.07 Å². The number of hydrogen-bond acceptors (Lipinski definition) is 7. The maximum absolute atomic E-state index is 14.0. The quantitative estimate of drug-likeness (QED) is 0.246. The SMILES string of the molecule is Cn1nc(NS(C)(=O)=O)c2c(Cl)ccc(-n3c([C@@H](N)Cc4cc(F)cc(F)c4)nc4ccc(OC(F)(F)F)cc4c3=O)c21. The van der Waals surface area contributed by atoms with Gasteiger partial charge in [0.25, 0.3) is 5.56 Å². The molecule has 0 fully saturated rings. The molecule has 0 saturated carbocycles. The number of nitrogens with one attached hydrogen (secondary N) is 1. The van der Waals surface area contributed by atoms with Crippen molar-refractivity contribution in [3.05, 3.63) is 86.9 Å². The van der Waals surface area contributed by atoms with E-state index in [1.807, 2.05) is 0 Å². The Morgan fingerprint density at radius 3 is 2.40 bits per heavy atom. The summed E-state index contributed by atoms with van der Waals surface area (Å²) in [6.07, 6.45) is -4.34. The highest BCUT2D eigenvalue weighted by Crippen LogP contribution is 2.35. The number of aryl methyl sites for hydroxylation is 1. The molecule has 0 aliphatic carbocycles. The Morgan fingerprint density at radius 2 is 1.77 bits per heavy atom. The summed E-state index contributed by atoms with van der Waals surface area (Å²) in [5, 5.41) is 4.05. The Bertz CT molecular complexity index is 2060. The van der Waals surface area contributed by atoms with E-state index in [1.165, 1.54) is 23.9 Å². The van der Waals surface area contributed by atoms with Crippen LogP contribution < -0.4 is 20.8 Å². The second kappa shape index (κ2) is 10.8. The minimum atomic E-state index is -5.04. The van der Waals surface area contributed by atoms with Gasteiger partial charge in [0.1, 0.15) is 23.2 Å². The molecule has 5 aromatic rings. The third kappa shape index (κ3) is 6.25. The van der Waals surface area contributed by atoms with Crippen molar-refractivity contribution in [2.75, 3.05) is 11.0 Å². The molecule has 43 heavy (non-hydrogen) atoms. The van der Waals surface area contributed by atoms with Gasteiger partial charge >= 0.3 is 6.36 Å². The predicted octanol–water partition coefficient (Wildman–Crippen LogP) is 4.72. The molecule has 0 saturated heterocycles. The first-order chi connectivity index (χ1) is 20.0. The van der Waals surface area contributed by atoms with Crippen LogP contribution in [0.1, 0.15) is 17.4 Å². The van der Waals surface area contributed by atoms with Crippen molar-refractivity contribution < 1.29 is 35.1 Å². The summed E-state index contributed by atoms with van der Waals surface area (Å²) >= 11 is 6.41. The summed E-state index contributed by atoms with van der Waals surface area (Å²) in [4.78, 5) is 18.5. The van der Waals surface area contributed by atoms with Gasteiger partial charge in [-0.2, -0.15) is 5.10 Å². The van der Waals surface area contributed by atoms with Crippen LogP contribution in [0.15, 0.2) is 53.3 Å². The highest BCUT2D eigenvalue weighted by molar-refractivity contribution is 7.92. The number of benzene rings is 3. The van der Waals surface area contributed by atoms with Crippen LogP contribution in [-0.4, -0.2) is 40.4 Å². The van der Waals surface area contributed by atoms with Gasteiger partial charge < -0.3 is 10.5 Å². The topological polar surface area (TPSA) is 134 Å². The largest absolute Gasteiger partial charge is 0.573 e. The van der Waals surface area contributed by atoms with Gasteiger partial charge in [0.05, 0.1) is 44.8 Å². The normalized spacial score (nSPS) is 13.0. The first-order valence-electron chi connectivity index (χ1n) is 12.2. The number of sulfonamides is 1. The Morgan fingerprint density at radius 1 is 1.09 bits per heavy atom. The van der Waals surface area contributed by atoms with Crippen LogP contribution in [-0.2, 0) is 23.5 Å². The van der Waals surface area contributed by atoms with Gasteiger partial charge in [-0.1, -0.05) is 11.6 Å². The molecule has 0 unspecified atom stereocenters. The number of aromatic nitrogens is 4. The standard InChI is InChI=1S/C26H20ClF5N6O4S/c1-37-22-20(6-4-17(27)21(22)23(35-37)36-43(2,40)41)38-24(18(33)9-12-7-13(28)10-14(29)8-12)34-19-5-3-15(42-26(30,31)32)11-16(19)25(38)39/h3-8,10-11,18H,9,33H2,1-2H3,(H,35,36)/t18-/m0/s1. The number of nitrogens with two attached hydrogens (primary N) is 1. The second-order valence-electron chi connectivity index (χ2n) is 9.56. The molecule has 0 radical (unpaired) electrons. The molecule has 0 spiro atoms. The lowest BCUT2D eigenvalue weighted by molar-refractivity contribution is -0.274. The molecule has 2 heterocycles. The molecular weight excluding hydrogens is 623 g/mol. The zero-order valence-electron chi connectivity index (χ0n) is 22.1. The zero-order chi connectivity index (χ0) is 31.4. The van der Waals surface area contributed by atoms with Crippen molar-refractivity contribution in [2.45, 2.75) is 18.8 Å². The fourth-order valence-corrected chi connectivity index (χ4v) is 5.46. The van der Waals surface area contributed by atoms with Crippen molar-refractivity contribution in [1.82, 2.24) is 19.3 Å². The van der Waals surface area contributed by atoms with E-state index in [2.05, 4.69) is 19.5 Å². The van der Waals surface area contributed by atoms with Gasteiger partial charge in [-0.25, -0.2) is 22.2 Å². The van der Waals surface area contributed by atoms with Crippen LogP contribution >= 0.6 is 11.6 Å². The van der Waals surface area contributed by atoms with Gasteiger partial charge in [-0.15, -0.1) is 13.2 Å². The summed E-state index contributed by atoms with van der Waals surface area (Å²) in [7, 11) is -2.38. The van der Waals surface area contributed by atoms with Crippen molar-refractivity contribution >= 4 is 49.2 Å². The lowest BCUT2D eigenvalue weighted by Gasteiger charge is -2.20. The molecule has 1 atom stereocenters. The maximum atomic E-state index is 14.0. The third-order valence-electron chi connectivity index (χ3n) is 6.25. The lowest BCUT2D eigenvalue weighted by Crippen LogP contribution is -2.30. The highest BCUT2D eigenvalue weighted by atomic mass is 35.5. The molecule has 0 aliphatic heterocycles. The highest BCUT2D eigenvalue weighted by Gasteiger charge is 2.32. The number of nitrogens with zero attached hydrogens (tertiary/aromatic N) is 4. The molecular formula is C26H20ClF5N6O4S. The number of fused-ring (bicyclic) bond motifs is 2. The predicted molar refractivity (Wildman–Crippen MR) is 149 cm³/mol. The van der Waals surface area contributed by atoms with E-state index >= 15 is 0 Å². The van der Waals surface area contributed by atoms with Crippen LogP contribution in [0, 0.1) is 11.6 Å². The Hall–Kier alpha value is -4.28. The van der Waals surface area contributed by atoms with Gasteiger partial charge in [0.15, 0.2) is 5.82 Å². The summed E-state index contributed by atoms with van der Waals surface area (Å²) in [5.74, 6) is -2.68. The van der Waals surface area contributed by atoms with Crippen LogP contribution in [0.3, 0.4) is 0 Å². The molecule has 226 valence electrons. The average molecular weight is 643 g/mol. The molecule has 0 bridgehead atoms. The number of ether oxygens (including phenoxy) is 1. The average Bonchev–Trinajstić information content (AvgIpc) is 3.18. The molecule has 3 aromatic carbocycles. The molecule has 5 rings (SSSR count). The number of rotatable bonds is 7. The first-order valence-corrected chi connectivity index (χ1v) is 14.4. The van der Waals surface area contributed by atoms with Gasteiger partial charge in [0, 0.05) is 13.1 Å². The molecule has 2 aromatic heterocycles. The summed E-state index contributed by atoms with van der Waals surface area (Å²) < 4.78 is 99.1. The number of hydrogen-bond donors (Lipinski definition) is 2. The van der Waals surface area contributed by atoms with Crippen LogP contribution in [0.25, 0.3) is 27.5 Å². The van der Waals surface area contributed by atoms with Gasteiger partial charge in [-0.05, 0) is 54.4 Å². The van der Waals surface area contributed by atoms with E-state index in [9.17, 15) is 35.2 Å². The third-order valence-corrected chi connectivity index (χ3v) is 7.13. The lowest BCUT2D eigenvalue weighted by atomic mass is 10.0. The molecule has 3 N–H and O–H groups in total. The molecule has 0 amide bonds. The van der Waals surface area contributed by atoms with E-state index in [4.69, 9.17) is 17.3 Å². The Balaban J connectivity index is 1.81. The van der Waals surface area contributed by atoms with Crippen LogP contribution in [0.2, 0.25) is 5.02 Å². The van der Waals surface area contributed by atoms with Crippen LogP contribution in [0.4, 0.5) is 27.8 Å². The van der Waals surface area contributed by atoms with Crippen LogP contribution in [0.5, 0.6) is 5.75 Å². The Kier molecular flexibility index (Phi) is 7.56. The number of alkyl halides is 3. The smallest absolute Gasteiger partial charge is 0.406 e. The minimum absolute atomic E-state index is 0.0355. The van der Waals surface area contributed by atoms with Gasteiger partial charge in [-0.3, -0.25) is 18.8 Å². The van der Waals surface area contributed by atoms with Crippen molar-refractivity contribution in [2.24, 2.45) is 12.8 Å². The summed E-state index contributed by atoms with van der Waals surface area (Å²) in [6.45, 7) is 0. The summed E-state index contributed by atoms with van der Waals surface area (Å²) in [6, 6.07) is 7.30. The van der Waals surface area contributed by atoms with Gasteiger partial charge in [0.2, 0.25) is 10.0 Å². The van der Waals surface area contributed by atoms with Crippen molar-refractivity contribution in [3.63, 3.8) is 0 Å². The van der Waals surface area contributed by atoms with E-state index in [0.717, 1.165) is 41.2 Å². The van der Waals surface area contributed by atoms with E-state index < -0.39 is 45.4 Å². The fraction of sp³-hybridized carbons (Fsp3) is 0.192. The molecule has 0 aliphatic rings. The number of halogens is 6. The minimum Gasteiger partial charge on any atom is -0.406 e. The monoisotopic (exact) mass is 642 g/mol. The van der Waals surface area contributed by atoms with E-state index in [1.54, 1.807) is 0 Å². The second-order valence-corrected chi connectivity index (χ2v) is 11.7. The molecule has 10 nitrogen and oxygen atoms in total. The Labute approximate surface area is 244 Å². The van der Waals surface area contributed by atoms with E-state index in [-0.39, 0.29) is 56.1 Å². The first kappa shape index (κ1) is 30.2. The number of anilines is 1. The maximum Gasteiger partial charge on any atom is 0.573 e. The molecule has 17 heteroatoms. The summed E-state index contributed by atoms with van der Waals surface area (Å²) in [5.41, 5.74) is 5.85. The fourth-order valence-electron chi connectivity index (χ4n) is 4.72. The van der Waals surface area contributed by atoms with Crippen molar-refractivity contribution in [1.29, 1.82) is 0 Å². The van der Waals surface area contributed by atoms with Crippen molar-refractivity contribution in [3.8, 4) is 11.4 Å². The zero-order valence-corrected chi connectivity index (χ0v) is 23.7.